The Balaban J connectivity index is 2.68. The highest BCUT2D eigenvalue weighted by molar-refractivity contribution is 14.1. The van der Waals surface area contributed by atoms with Crippen molar-refractivity contribution in [3.63, 3.8) is 0 Å². The molecule has 2 aromatic heterocycles. The molecule has 0 amide bonds. The minimum absolute atomic E-state index is 0.375. The van der Waals surface area contributed by atoms with Crippen LogP contribution in [0.2, 0.25) is 0 Å². The third kappa shape index (κ3) is 1.74. The summed E-state index contributed by atoms with van der Waals surface area (Å²) >= 11 is 2.18. The van der Waals surface area contributed by atoms with Gasteiger partial charge in [0.05, 0.1) is 11.4 Å². The quantitative estimate of drug-likeness (QED) is 0.877. The SMILES string of the molecule is CCC(CC)n1nc(I)c2c(N)ncnc21. The summed E-state index contributed by atoms with van der Waals surface area (Å²) < 4.78 is 2.84. The van der Waals surface area contributed by atoms with Crippen LogP contribution in [0.15, 0.2) is 6.33 Å². The molecule has 86 valence electrons. The van der Waals surface area contributed by atoms with Crippen molar-refractivity contribution in [3.05, 3.63) is 10.0 Å². The zero-order chi connectivity index (χ0) is 11.7. The Hall–Kier alpha value is -0.920. The van der Waals surface area contributed by atoms with Gasteiger partial charge in [-0.2, -0.15) is 5.10 Å². The molecule has 6 heteroatoms. The number of nitrogens with zero attached hydrogens (tertiary/aromatic N) is 4. The van der Waals surface area contributed by atoms with E-state index in [4.69, 9.17) is 5.73 Å². The van der Waals surface area contributed by atoms with Crippen LogP contribution in [0, 0.1) is 3.70 Å². The molecule has 0 spiro atoms. The molecule has 0 saturated carbocycles. The van der Waals surface area contributed by atoms with Crippen molar-refractivity contribution in [1.29, 1.82) is 0 Å². The van der Waals surface area contributed by atoms with Gasteiger partial charge in [-0.25, -0.2) is 14.6 Å². The Morgan fingerprint density at radius 2 is 2.06 bits per heavy atom. The van der Waals surface area contributed by atoms with Crippen molar-refractivity contribution < 1.29 is 0 Å². The lowest BCUT2D eigenvalue weighted by molar-refractivity contribution is 0.437. The van der Waals surface area contributed by atoms with Gasteiger partial charge in [-0.3, -0.25) is 0 Å². The summed E-state index contributed by atoms with van der Waals surface area (Å²) in [5.41, 5.74) is 6.68. The highest BCUT2D eigenvalue weighted by Crippen LogP contribution is 2.26. The standard InChI is InChI=1S/C10H14IN5/c1-3-6(4-2)16-10-7(8(11)15-16)9(12)13-5-14-10/h5-6H,3-4H2,1-2H3,(H2,12,13,14). The van der Waals surface area contributed by atoms with Crippen molar-refractivity contribution in [3.8, 4) is 0 Å². The first-order valence-electron chi connectivity index (χ1n) is 5.33. The van der Waals surface area contributed by atoms with Crippen LogP contribution in [0.25, 0.3) is 11.0 Å². The van der Waals surface area contributed by atoms with Gasteiger partial charge in [-0.15, -0.1) is 0 Å². The second-order valence-electron chi connectivity index (χ2n) is 3.66. The van der Waals surface area contributed by atoms with Crippen molar-refractivity contribution >= 4 is 39.4 Å². The van der Waals surface area contributed by atoms with E-state index in [1.807, 2.05) is 4.68 Å². The van der Waals surface area contributed by atoms with Crippen LogP contribution in [-0.2, 0) is 0 Å². The van der Waals surface area contributed by atoms with Crippen molar-refractivity contribution in [2.24, 2.45) is 0 Å². The molecule has 0 bridgehead atoms. The van der Waals surface area contributed by atoms with E-state index in [9.17, 15) is 0 Å². The number of nitrogens with two attached hydrogens (primary N) is 1. The van der Waals surface area contributed by atoms with Gasteiger partial charge < -0.3 is 5.73 Å². The lowest BCUT2D eigenvalue weighted by Crippen LogP contribution is -2.09. The molecule has 0 aliphatic carbocycles. The first-order chi connectivity index (χ1) is 7.69. The lowest BCUT2D eigenvalue weighted by Gasteiger charge is -2.13. The fourth-order valence-corrected chi connectivity index (χ4v) is 2.59. The number of rotatable bonds is 3. The van der Waals surface area contributed by atoms with E-state index in [1.54, 1.807) is 0 Å². The Labute approximate surface area is 108 Å². The van der Waals surface area contributed by atoms with Crippen molar-refractivity contribution in [1.82, 2.24) is 19.7 Å². The molecule has 0 aliphatic rings. The molecule has 2 aromatic rings. The topological polar surface area (TPSA) is 69.6 Å². The average Bonchev–Trinajstić information content (AvgIpc) is 2.60. The maximum absolute atomic E-state index is 5.84. The number of aromatic nitrogens is 4. The van der Waals surface area contributed by atoms with Crippen LogP contribution in [0.3, 0.4) is 0 Å². The number of nitrogen functional groups attached to an aromatic ring is 1. The number of hydrogen-bond donors (Lipinski definition) is 1. The molecule has 2 heterocycles. The van der Waals surface area contributed by atoms with Gasteiger partial charge in [0.2, 0.25) is 0 Å². The van der Waals surface area contributed by atoms with Crippen molar-refractivity contribution in [2.75, 3.05) is 5.73 Å². The molecule has 5 nitrogen and oxygen atoms in total. The molecule has 0 saturated heterocycles. The molecule has 0 unspecified atom stereocenters. The fourth-order valence-electron chi connectivity index (χ4n) is 1.84. The van der Waals surface area contributed by atoms with E-state index in [0.29, 0.717) is 11.9 Å². The minimum Gasteiger partial charge on any atom is -0.383 e. The second-order valence-corrected chi connectivity index (χ2v) is 4.69. The maximum Gasteiger partial charge on any atom is 0.164 e. The van der Waals surface area contributed by atoms with Crippen LogP contribution < -0.4 is 5.73 Å². The van der Waals surface area contributed by atoms with Crippen LogP contribution in [0.5, 0.6) is 0 Å². The third-order valence-electron chi connectivity index (χ3n) is 2.76. The maximum atomic E-state index is 5.84. The highest BCUT2D eigenvalue weighted by Gasteiger charge is 2.17. The Bertz CT molecular complexity index is 503. The predicted octanol–water partition coefficient (Wildman–Crippen LogP) is 2.37. The highest BCUT2D eigenvalue weighted by atomic mass is 127. The van der Waals surface area contributed by atoms with Gasteiger partial charge in [0.25, 0.3) is 0 Å². The average molecular weight is 331 g/mol. The largest absolute Gasteiger partial charge is 0.383 e. The second kappa shape index (κ2) is 4.52. The smallest absolute Gasteiger partial charge is 0.164 e. The number of halogens is 1. The molecule has 0 fully saturated rings. The van der Waals surface area contributed by atoms with Crippen LogP contribution in [-0.4, -0.2) is 19.7 Å². The summed E-state index contributed by atoms with van der Waals surface area (Å²) in [5.74, 6) is 0.506. The molecule has 0 atom stereocenters. The van der Waals surface area contributed by atoms with Crippen LogP contribution in [0.4, 0.5) is 5.82 Å². The molecular formula is C10H14IN5. The van der Waals surface area contributed by atoms with E-state index in [-0.39, 0.29) is 0 Å². The van der Waals surface area contributed by atoms with E-state index in [1.165, 1.54) is 6.33 Å². The first-order valence-corrected chi connectivity index (χ1v) is 6.41. The molecule has 0 aliphatic heterocycles. The van der Waals surface area contributed by atoms with Gasteiger partial charge >= 0.3 is 0 Å². The lowest BCUT2D eigenvalue weighted by atomic mass is 10.2. The van der Waals surface area contributed by atoms with E-state index < -0.39 is 0 Å². The molecule has 16 heavy (non-hydrogen) atoms. The van der Waals surface area contributed by atoms with Crippen LogP contribution in [0.1, 0.15) is 32.7 Å². The van der Waals surface area contributed by atoms with Gasteiger partial charge in [0.1, 0.15) is 15.8 Å². The summed E-state index contributed by atoms with van der Waals surface area (Å²) in [6.45, 7) is 4.30. The normalized spacial score (nSPS) is 11.5. The van der Waals surface area contributed by atoms with Gasteiger partial charge in [-0.1, -0.05) is 13.8 Å². The van der Waals surface area contributed by atoms with Crippen molar-refractivity contribution in [2.45, 2.75) is 32.7 Å². The zero-order valence-electron chi connectivity index (χ0n) is 9.31. The summed E-state index contributed by atoms with van der Waals surface area (Å²) in [7, 11) is 0. The van der Waals surface area contributed by atoms with Gasteiger partial charge in [-0.05, 0) is 35.4 Å². The number of hydrogen-bond acceptors (Lipinski definition) is 4. The summed E-state index contributed by atoms with van der Waals surface area (Å²) in [4.78, 5) is 8.29. The van der Waals surface area contributed by atoms with E-state index >= 15 is 0 Å². The van der Waals surface area contributed by atoms with Crippen LogP contribution >= 0.6 is 22.6 Å². The predicted molar refractivity (Wildman–Crippen MR) is 72.1 cm³/mol. The summed E-state index contributed by atoms with van der Waals surface area (Å²) in [5, 5.41) is 5.38. The fraction of sp³-hybridized carbons (Fsp3) is 0.500. The van der Waals surface area contributed by atoms with Gasteiger partial charge in [0.15, 0.2) is 5.65 Å². The monoisotopic (exact) mass is 331 g/mol. The third-order valence-corrected chi connectivity index (χ3v) is 3.52. The molecule has 0 radical (unpaired) electrons. The number of anilines is 1. The Morgan fingerprint density at radius 3 is 2.69 bits per heavy atom. The molecule has 2 rings (SSSR count). The first kappa shape index (κ1) is 11.6. The minimum atomic E-state index is 0.375. The Morgan fingerprint density at radius 1 is 1.38 bits per heavy atom. The molecule has 0 aromatic carbocycles. The molecular weight excluding hydrogens is 317 g/mol. The summed E-state index contributed by atoms with van der Waals surface area (Å²) in [6.07, 6.45) is 3.56. The van der Waals surface area contributed by atoms with Gasteiger partial charge in [0, 0.05) is 0 Å². The number of fused-ring (bicyclic) bond motifs is 1. The summed E-state index contributed by atoms with van der Waals surface area (Å²) in [6, 6.07) is 0.375. The molecule has 2 N–H and O–H groups in total. The Kier molecular flexibility index (Phi) is 3.27. The van der Waals surface area contributed by atoms with E-state index in [2.05, 4.69) is 51.5 Å². The van der Waals surface area contributed by atoms with E-state index in [0.717, 1.165) is 27.6 Å². The zero-order valence-corrected chi connectivity index (χ0v) is 11.5.